The second-order valence-electron chi connectivity index (χ2n) is 2.01. The van der Waals surface area contributed by atoms with Crippen molar-refractivity contribution >= 4 is 34.2 Å². The average molecular weight is 234 g/mol. The minimum absolute atomic E-state index is 0.560. The highest BCUT2D eigenvalue weighted by Crippen LogP contribution is 2.34. The molecule has 1 aromatic carbocycles. The Morgan fingerprint density at radius 2 is 2.18 bits per heavy atom. The van der Waals surface area contributed by atoms with Gasteiger partial charge in [-0.3, -0.25) is 0 Å². The van der Waals surface area contributed by atoms with Gasteiger partial charge in [-0.25, -0.2) is 0 Å². The number of halogens is 1. The zero-order valence-corrected chi connectivity index (χ0v) is 8.45. The van der Waals surface area contributed by atoms with E-state index in [-0.39, 0.29) is 0 Å². The lowest BCUT2D eigenvalue weighted by atomic mass is 10.3. The van der Waals surface area contributed by atoms with Crippen LogP contribution in [0.25, 0.3) is 0 Å². The lowest BCUT2D eigenvalue weighted by Crippen LogP contribution is -1.94. The number of hydrogen-bond donors (Lipinski definition) is 2. The lowest BCUT2D eigenvalue weighted by Gasteiger charge is -2.07. The Labute approximate surface area is 79.3 Å². The first-order chi connectivity index (χ1) is 5.16. The molecule has 0 aliphatic rings. The molecule has 2 N–H and O–H groups in total. The molecule has 0 fully saturated rings. The number of benzene rings is 1. The molecule has 0 bridgehead atoms. The Morgan fingerprint density at radius 3 is 2.64 bits per heavy atom. The number of hydrogen-bond acceptors (Lipinski definition) is 3. The van der Waals surface area contributed by atoms with Crippen molar-refractivity contribution in [3.8, 4) is 5.75 Å². The van der Waals surface area contributed by atoms with Crippen molar-refractivity contribution in [3.05, 3.63) is 16.6 Å². The van der Waals surface area contributed by atoms with E-state index < -0.39 is 0 Å². The van der Waals surface area contributed by atoms with Gasteiger partial charge in [-0.15, -0.1) is 12.6 Å². The van der Waals surface area contributed by atoms with Crippen LogP contribution in [0.4, 0.5) is 5.69 Å². The molecule has 11 heavy (non-hydrogen) atoms. The number of anilines is 1. The molecule has 0 saturated carbocycles. The summed E-state index contributed by atoms with van der Waals surface area (Å²) in [6.07, 6.45) is 0. The molecule has 0 amide bonds. The summed E-state index contributed by atoms with van der Waals surface area (Å²) in [4.78, 5) is 0.727. The summed E-state index contributed by atoms with van der Waals surface area (Å²) in [5.74, 6) is 0.637. The zero-order valence-electron chi connectivity index (χ0n) is 5.97. The molecule has 2 nitrogen and oxygen atoms in total. The topological polar surface area (TPSA) is 35.2 Å². The number of nitrogens with two attached hydrogens (primary N) is 1. The van der Waals surface area contributed by atoms with Crippen LogP contribution in [0.5, 0.6) is 5.75 Å². The van der Waals surface area contributed by atoms with E-state index in [4.69, 9.17) is 10.5 Å². The van der Waals surface area contributed by atoms with E-state index >= 15 is 0 Å². The summed E-state index contributed by atoms with van der Waals surface area (Å²) < 4.78 is 5.88. The molecule has 0 radical (unpaired) electrons. The summed E-state index contributed by atoms with van der Waals surface area (Å²) in [6, 6.07) is 3.66. The van der Waals surface area contributed by atoms with E-state index in [1.165, 1.54) is 0 Å². The van der Waals surface area contributed by atoms with Crippen molar-refractivity contribution in [1.29, 1.82) is 0 Å². The van der Waals surface area contributed by atoms with Gasteiger partial charge in [0.05, 0.1) is 17.3 Å². The molecule has 4 heteroatoms. The largest absolute Gasteiger partial charge is 0.493 e. The predicted molar refractivity (Wildman–Crippen MR) is 52.4 cm³/mol. The minimum atomic E-state index is 0.560. The number of thiol groups is 1. The van der Waals surface area contributed by atoms with Crippen LogP contribution in [-0.2, 0) is 0 Å². The van der Waals surface area contributed by atoms with Crippen LogP contribution >= 0.6 is 28.6 Å². The van der Waals surface area contributed by atoms with E-state index in [2.05, 4.69) is 28.6 Å². The molecule has 0 aliphatic heterocycles. The Kier molecular flexibility index (Phi) is 2.67. The molecule has 0 heterocycles. The van der Waals surface area contributed by atoms with Gasteiger partial charge in [0.15, 0.2) is 5.75 Å². The third-order valence-electron chi connectivity index (χ3n) is 1.33. The monoisotopic (exact) mass is 233 g/mol. The standard InChI is InChI=1S/C7H8BrNOS/c1-10-7-4(8)2-3-5(11)6(7)9/h2-3,11H,9H2,1H3. The molecule has 0 atom stereocenters. The fourth-order valence-corrected chi connectivity index (χ4v) is 1.45. The molecule has 1 rings (SSSR count). The first kappa shape index (κ1) is 8.74. The highest BCUT2D eigenvalue weighted by Gasteiger charge is 2.06. The molecular formula is C7H8BrNOS. The first-order valence-corrected chi connectivity index (χ1v) is 4.21. The van der Waals surface area contributed by atoms with E-state index in [0.717, 1.165) is 9.37 Å². The Hall–Kier alpha value is -0.350. The summed E-state index contributed by atoms with van der Waals surface area (Å²) in [6.45, 7) is 0. The molecule has 0 spiro atoms. The molecule has 0 unspecified atom stereocenters. The predicted octanol–water partition coefficient (Wildman–Crippen LogP) is 2.33. The maximum absolute atomic E-state index is 5.66. The maximum Gasteiger partial charge on any atom is 0.157 e. The molecule has 60 valence electrons. The van der Waals surface area contributed by atoms with Crippen molar-refractivity contribution in [2.75, 3.05) is 12.8 Å². The van der Waals surface area contributed by atoms with E-state index in [9.17, 15) is 0 Å². The lowest BCUT2D eigenvalue weighted by molar-refractivity contribution is 0.413. The third kappa shape index (κ3) is 1.62. The van der Waals surface area contributed by atoms with Crippen molar-refractivity contribution in [2.45, 2.75) is 4.90 Å². The second-order valence-corrected chi connectivity index (χ2v) is 3.35. The van der Waals surface area contributed by atoms with Gasteiger partial charge in [0.2, 0.25) is 0 Å². The van der Waals surface area contributed by atoms with Crippen LogP contribution < -0.4 is 10.5 Å². The van der Waals surface area contributed by atoms with E-state index in [0.29, 0.717) is 11.4 Å². The fourth-order valence-electron chi connectivity index (χ4n) is 0.770. The van der Waals surface area contributed by atoms with Gasteiger partial charge in [0, 0.05) is 4.90 Å². The molecule has 0 aromatic heterocycles. The van der Waals surface area contributed by atoms with Crippen LogP contribution in [0.2, 0.25) is 0 Å². The normalized spacial score (nSPS) is 9.73. The van der Waals surface area contributed by atoms with Crippen molar-refractivity contribution in [3.63, 3.8) is 0 Å². The molecule has 0 saturated heterocycles. The molecule has 1 aromatic rings. The van der Waals surface area contributed by atoms with Crippen LogP contribution in [0, 0.1) is 0 Å². The van der Waals surface area contributed by atoms with E-state index in [1.807, 2.05) is 12.1 Å². The smallest absolute Gasteiger partial charge is 0.157 e. The summed E-state index contributed by atoms with van der Waals surface area (Å²) in [7, 11) is 1.57. The van der Waals surface area contributed by atoms with Gasteiger partial charge in [0.25, 0.3) is 0 Å². The van der Waals surface area contributed by atoms with E-state index in [1.54, 1.807) is 7.11 Å². The minimum Gasteiger partial charge on any atom is -0.493 e. The summed E-state index contributed by atoms with van der Waals surface area (Å²) >= 11 is 7.45. The molecule has 0 aliphatic carbocycles. The third-order valence-corrected chi connectivity index (χ3v) is 2.34. The van der Waals surface area contributed by atoms with Gasteiger partial charge in [-0.1, -0.05) is 0 Å². The Bertz CT molecular complexity index is 277. The summed E-state index contributed by atoms with van der Waals surface area (Å²) in [5.41, 5.74) is 6.22. The SMILES string of the molecule is COc1c(Br)ccc(S)c1N. The number of ether oxygens (including phenoxy) is 1. The highest BCUT2D eigenvalue weighted by molar-refractivity contribution is 9.10. The number of nitrogen functional groups attached to an aromatic ring is 1. The van der Waals surface area contributed by atoms with Crippen molar-refractivity contribution in [2.24, 2.45) is 0 Å². The zero-order chi connectivity index (χ0) is 8.43. The van der Waals surface area contributed by atoms with Crippen LogP contribution in [0.1, 0.15) is 0 Å². The van der Waals surface area contributed by atoms with Crippen LogP contribution in [0.15, 0.2) is 21.5 Å². The Balaban J connectivity index is 3.29. The van der Waals surface area contributed by atoms with Crippen LogP contribution in [0.3, 0.4) is 0 Å². The van der Waals surface area contributed by atoms with Gasteiger partial charge >= 0.3 is 0 Å². The molecular weight excluding hydrogens is 226 g/mol. The van der Waals surface area contributed by atoms with Crippen molar-refractivity contribution in [1.82, 2.24) is 0 Å². The van der Waals surface area contributed by atoms with Crippen LogP contribution in [-0.4, -0.2) is 7.11 Å². The summed E-state index contributed by atoms with van der Waals surface area (Å²) in [5, 5.41) is 0. The van der Waals surface area contributed by atoms with Crippen molar-refractivity contribution < 1.29 is 4.74 Å². The maximum atomic E-state index is 5.66. The van der Waals surface area contributed by atoms with Gasteiger partial charge in [0.1, 0.15) is 0 Å². The first-order valence-electron chi connectivity index (χ1n) is 2.97. The number of methoxy groups -OCH3 is 1. The highest BCUT2D eigenvalue weighted by atomic mass is 79.9. The average Bonchev–Trinajstić information content (AvgIpc) is 1.99. The Morgan fingerprint density at radius 1 is 1.55 bits per heavy atom. The van der Waals surface area contributed by atoms with Gasteiger partial charge in [-0.2, -0.15) is 0 Å². The second kappa shape index (κ2) is 3.36. The quantitative estimate of drug-likeness (QED) is 0.577. The van der Waals surface area contributed by atoms with Gasteiger partial charge in [-0.05, 0) is 28.1 Å². The van der Waals surface area contributed by atoms with Gasteiger partial charge < -0.3 is 10.5 Å². The number of rotatable bonds is 1. The fraction of sp³-hybridized carbons (Fsp3) is 0.143.